The highest BCUT2D eigenvalue weighted by atomic mass is 35.5. The minimum Gasteiger partial charge on any atom is -0.324 e. The number of aromatic amines is 1. The van der Waals surface area contributed by atoms with E-state index in [0.717, 1.165) is 6.07 Å². The lowest BCUT2D eigenvalue weighted by Gasteiger charge is -2.06. The Bertz CT molecular complexity index is 436. The molecule has 0 radical (unpaired) electrons. The Morgan fingerprint density at radius 3 is 2.71 bits per heavy atom. The maximum absolute atomic E-state index is 12.5. The summed E-state index contributed by atoms with van der Waals surface area (Å²) < 4.78 is 24.9. The molecule has 74 valence electrons. The van der Waals surface area contributed by atoms with E-state index >= 15 is 0 Å². The number of hydrogen-bond acceptors (Lipinski definition) is 2. The van der Waals surface area contributed by atoms with E-state index in [1.54, 1.807) is 0 Å². The van der Waals surface area contributed by atoms with Crippen LogP contribution in [0.4, 0.5) is 8.78 Å². The third-order valence-electron chi connectivity index (χ3n) is 1.64. The van der Waals surface area contributed by atoms with Gasteiger partial charge in [0.25, 0.3) is 6.43 Å². The van der Waals surface area contributed by atoms with Crippen LogP contribution in [0.3, 0.4) is 0 Å². The van der Waals surface area contributed by atoms with Crippen LogP contribution in [0.1, 0.15) is 23.2 Å². The van der Waals surface area contributed by atoms with E-state index in [4.69, 9.17) is 16.9 Å². The highest BCUT2D eigenvalue weighted by Crippen LogP contribution is 2.24. The predicted molar refractivity (Wildman–Crippen MR) is 46.3 cm³/mol. The lowest BCUT2D eigenvalue weighted by Crippen LogP contribution is -2.12. The first-order valence-electron chi connectivity index (χ1n) is 3.60. The molecule has 0 saturated carbocycles. The van der Waals surface area contributed by atoms with Gasteiger partial charge in [0.1, 0.15) is 0 Å². The monoisotopic (exact) mass is 218 g/mol. The number of halogens is 3. The van der Waals surface area contributed by atoms with E-state index in [1.807, 2.05) is 0 Å². The van der Waals surface area contributed by atoms with Crippen LogP contribution >= 0.6 is 11.6 Å². The molecule has 1 aromatic heterocycles. The normalized spacial score (nSPS) is 10.2. The summed E-state index contributed by atoms with van der Waals surface area (Å²) in [5.41, 5.74) is -1.55. The topological polar surface area (TPSA) is 56.6 Å². The molecular formula is C8H5ClF2N2O. The van der Waals surface area contributed by atoms with Crippen molar-refractivity contribution >= 4 is 11.6 Å². The van der Waals surface area contributed by atoms with Crippen molar-refractivity contribution in [2.45, 2.75) is 12.3 Å². The van der Waals surface area contributed by atoms with Crippen molar-refractivity contribution in [1.29, 1.82) is 5.26 Å². The molecule has 0 unspecified atom stereocenters. The summed E-state index contributed by atoms with van der Waals surface area (Å²) in [5.74, 6) is -0.259. The second kappa shape index (κ2) is 4.20. The van der Waals surface area contributed by atoms with E-state index < -0.39 is 17.5 Å². The molecule has 0 bridgehead atoms. The Hall–Kier alpha value is -1.41. The van der Waals surface area contributed by atoms with Gasteiger partial charge in [0, 0.05) is 11.8 Å². The first-order chi connectivity index (χ1) is 6.60. The number of aromatic nitrogens is 1. The molecule has 1 N–H and O–H groups in total. The van der Waals surface area contributed by atoms with Crippen LogP contribution in [0.2, 0.25) is 0 Å². The number of nitrogens with zero attached hydrogens (tertiary/aromatic N) is 1. The molecule has 0 aromatic carbocycles. The zero-order chi connectivity index (χ0) is 10.7. The standard InChI is InChI=1S/C8H5ClF2N2O/c9-2-5-7(8(10)11)4(3-12)1-6(14)13-5/h1,8H,2H2,(H,13,14). The number of alkyl halides is 3. The molecule has 0 amide bonds. The van der Waals surface area contributed by atoms with Crippen LogP contribution in [-0.4, -0.2) is 4.98 Å². The molecule has 14 heavy (non-hydrogen) atoms. The largest absolute Gasteiger partial charge is 0.324 e. The van der Waals surface area contributed by atoms with Crippen LogP contribution < -0.4 is 5.56 Å². The molecule has 0 atom stereocenters. The van der Waals surface area contributed by atoms with Gasteiger partial charge in [0.05, 0.1) is 23.1 Å². The van der Waals surface area contributed by atoms with Crippen LogP contribution in [0.5, 0.6) is 0 Å². The van der Waals surface area contributed by atoms with Gasteiger partial charge in [-0.25, -0.2) is 8.78 Å². The first-order valence-corrected chi connectivity index (χ1v) is 4.14. The summed E-state index contributed by atoms with van der Waals surface area (Å²) in [6.45, 7) is 0. The van der Waals surface area contributed by atoms with Gasteiger partial charge in [-0.05, 0) is 0 Å². The van der Waals surface area contributed by atoms with Gasteiger partial charge in [-0.2, -0.15) is 5.26 Å². The maximum Gasteiger partial charge on any atom is 0.266 e. The van der Waals surface area contributed by atoms with Crippen LogP contribution in [0, 0.1) is 11.3 Å². The number of hydrogen-bond donors (Lipinski definition) is 1. The molecule has 3 nitrogen and oxygen atoms in total. The summed E-state index contributed by atoms with van der Waals surface area (Å²) in [6.07, 6.45) is -2.82. The first kappa shape index (κ1) is 10.7. The van der Waals surface area contributed by atoms with Crippen molar-refractivity contribution in [3.63, 3.8) is 0 Å². The summed E-state index contributed by atoms with van der Waals surface area (Å²) in [4.78, 5) is 13.1. The zero-order valence-corrected chi connectivity index (χ0v) is 7.61. The Kier molecular flexibility index (Phi) is 3.20. The van der Waals surface area contributed by atoms with Crippen molar-refractivity contribution in [2.24, 2.45) is 0 Å². The summed E-state index contributed by atoms with van der Waals surface area (Å²) in [7, 11) is 0. The third kappa shape index (κ3) is 1.91. The number of nitriles is 1. The quantitative estimate of drug-likeness (QED) is 0.771. The molecular weight excluding hydrogens is 214 g/mol. The van der Waals surface area contributed by atoms with Gasteiger partial charge >= 0.3 is 0 Å². The maximum atomic E-state index is 12.5. The smallest absolute Gasteiger partial charge is 0.266 e. The molecule has 0 spiro atoms. The number of pyridine rings is 1. The highest BCUT2D eigenvalue weighted by Gasteiger charge is 2.18. The summed E-state index contributed by atoms with van der Waals surface area (Å²) in [6, 6.07) is 2.36. The van der Waals surface area contributed by atoms with E-state index in [2.05, 4.69) is 4.98 Å². The van der Waals surface area contributed by atoms with Gasteiger partial charge in [0.15, 0.2) is 0 Å². The van der Waals surface area contributed by atoms with Crippen molar-refractivity contribution in [2.75, 3.05) is 0 Å². The Labute approximate surface area is 82.9 Å². The third-order valence-corrected chi connectivity index (χ3v) is 1.90. The molecule has 0 fully saturated rings. The minimum absolute atomic E-state index is 0.106. The van der Waals surface area contributed by atoms with E-state index in [0.29, 0.717) is 0 Å². The lowest BCUT2D eigenvalue weighted by atomic mass is 10.1. The van der Waals surface area contributed by atoms with Crippen molar-refractivity contribution < 1.29 is 8.78 Å². The van der Waals surface area contributed by atoms with Crippen LogP contribution in [-0.2, 0) is 5.88 Å². The Balaban J connectivity index is 3.51. The average Bonchev–Trinajstić information content (AvgIpc) is 2.15. The van der Waals surface area contributed by atoms with E-state index in [9.17, 15) is 13.6 Å². The zero-order valence-electron chi connectivity index (χ0n) is 6.85. The second-order valence-electron chi connectivity index (χ2n) is 2.49. The summed E-state index contributed by atoms with van der Waals surface area (Å²) in [5, 5.41) is 8.53. The molecule has 0 aliphatic carbocycles. The molecule has 6 heteroatoms. The molecule has 0 aliphatic rings. The fourth-order valence-corrected chi connectivity index (χ4v) is 1.28. The number of rotatable bonds is 2. The average molecular weight is 219 g/mol. The Morgan fingerprint density at radius 2 is 2.29 bits per heavy atom. The summed E-state index contributed by atoms with van der Waals surface area (Å²) >= 11 is 5.36. The van der Waals surface area contributed by atoms with Crippen molar-refractivity contribution in [3.05, 3.63) is 33.2 Å². The van der Waals surface area contributed by atoms with Crippen LogP contribution in [0.25, 0.3) is 0 Å². The number of H-pyrrole nitrogens is 1. The molecule has 0 saturated heterocycles. The van der Waals surface area contributed by atoms with Gasteiger partial charge in [-0.1, -0.05) is 0 Å². The molecule has 1 aromatic rings. The predicted octanol–water partition coefficient (Wildman–Crippen LogP) is 1.92. The molecule has 0 aliphatic heterocycles. The fraction of sp³-hybridized carbons (Fsp3) is 0.250. The van der Waals surface area contributed by atoms with E-state index in [1.165, 1.54) is 6.07 Å². The van der Waals surface area contributed by atoms with E-state index in [-0.39, 0.29) is 17.1 Å². The highest BCUT2D eigenvalue weighted by molar-refractivity contribution is 6.17. The van der Waals surface area contributed by atoms with Crippen molar-refractivity contribution in [1.82, 2.24) is 4.98 Å². The van der Waals surface area contributed by atoms with Gasteiger partial charge < -0.3 is 4.98 Å². The molecule has 1 rings (SSSR count). The van der Waals surface area contributed by atoms with Gasteiger partial charge in [-0.15, -0.1) is 11.6 Å². The lowest BCUT2D eigenvalue weighted by molar-refractivity contribution is 0.149. The van der Waals surface area contributed by atoms with Gasteiger partial charge in [-0.3, -0.25) is 4.79 Å². The van der Waals surface area contributed by atoms with Crippen molar-refractivity contribution in [3.8, 4) is 6.07 Å². The fourth-order valence-electron chi connectivity index (χ4n) is 1.07. The number of nitrogens with one attached hydrogen (secondary N) is 1. The molecule has 1 heterocycles. The minimum atomic E-state index is -2.82. The van der Waals surface area contributed by atoms with Crippen LogP contribution in [0.15, 0.2) is 10.9 Å². The SMILES string of the molecule is N#Cc1cc(=O)[nH]c(CCl)c1C(F)F. The Morgan fingerprint density at radius 1 is 1.64 bits per heavy atom. The second-order valence-corrected chi connectivity index (χ2v) is 2.75. The van der Waals surface area contributed by atoms with Gasteiger partial charge in [0.2, 0.25) is 5.56 Å².